The molecule has 2 N–H and O–H groups in total. The molecule has 38 heavy (non-hydrogen) atoms. The van der Waals surface area contributed by atoms with E-state index in [1.54, 1.807) is 22.5 Å². The van der Waals surface area contributed by atoms with Crippen molar-refractivity contribution < 1.29 is 32.6 Å². The maximum Gasteiger partial charge on any atom is 0.338 e. The van der Waals surface area contributed by atoms with Crippen molar-refractivity contribution in [3.8, 4) is 0 Å². The Morgan fingerprint density at radius 3 is 2.79 bits per heavy atom. The second kappa shape index (κ2) is 10.4. The van der Waals surface area contributed by atoms with Gasteiger partial charge >= 0.3 is 11.9 Å². The van der Waals surface area contributed by atoms with E-state index in [0.717, 1.165) is 0 Å². The first-order chi connectivity index (χ1) is 18.1. The summed E-state index contributed by atoms with van der Waals surface area (Å²) in [6.45, 7) is -0.0526. The second-order valence-corrected chi connectivity index (χ2v) is 11.3. The van der Waals surface area contributed by atoms with Crippen LogP contribution in [0.1, 0.15) is 42.3 Å². The van der Waals surface area contributed by atoms with Crippen molar-refractivity contribution in [3.63, 3.8) is 0 Å². The number of hydrogen-bond acceptors (Lipinski definition) is 8. The lowest BCUT2D eigenvalue weighted by Gasteiger charge is -2.40. The highest BCUT2D eigenvalue weighted by molar-refractivity contribution is 9.10. The molecule has 0 unspecified atom stereocenters. The average molecular weight is 613 g/mol. The van der Waals surface area contributed by atoms with E-state index in [1.807, 2.05) is 0 Å². The van der Waals surface area contributed by atoms with E-state index in [9.17, 15) is 19.1 Å². The molecule has 3 aliphatic rings. The number of carboxylic acids is 1. The molecule has 2 aromatic rings. The molecule has 0 amide bonds. The summed E-state index contributed by atoms with van der Waals surface area (Å²) in [6, 6.07) is 1.65. The number of nitrogens with one attached hydrogen (secondary N) is 1. The number of aliphatic imine (C=N–C) groups is 1. The molecule has 2 fully saturated rings. The van der Waals surface area contributed by atoms with Crippen LogP contribution < -0.4 is 5.32 Å². The minimum Gasteiger partial charge on any atom is -0.481 e. The van der Waals surface area contributed by atoms with Gasteiger partial charge in [0.15, 0.2) is 10.8 Å². The van der Waals surface area contributed by atoms with Crippen molar-refractivity contribution in [3.05, 3.63) is 61.9 Å². The third-order valence-electron chi connectivity index (χ3n) is 7.27. The van der Waals surface area contributed by atoms with Gasteiger partial charge in [0.1, 0.15) is 11.9 Å². The highest BCUT2D eigenvalue weighted by Crippen LogP contribution is 2.49. The van der Waals surface area contributed by atoms with Crippen molar-refractivity contribution >= 4 is 45.0 Å². The number of aromatic nitrogens is 1. The lowest BCUT2D eigenvalue weighted by atomic mass is 9.87. The Balaban J connectivity index is 1.58. The predicted octanol–water partition coefficient (Wildman–Crippen LogP) is 4.53. The molecule has 0 saturated carbocycles. The average Bonchev–Trinajstić information content (AvgIpc) is 3.44. The van der Waals surface area contributed by atoms with E-state index in [-0.39, 0.29) is 41.8 Å². The Morgan fingerprint density at radius 1 is 1.34 bits per heavy atom. The summed E-state index contributed by atoms with van der Waals surface area (Å²) in [6.07, 6.45) is 1.38. The summed E-state index contributed by atoms with van der Waals surface area (Å²) in [5.41, 5.74) is 0.754. The van der Waals surface area contributed by atoms with Crippen LogP contribution in [0.4, 0.5) is 13.2 Å². The van der Waals surface area contributed by atoms with Gasteiger partial charge in [-0.05, 0) is 46.3 Å². The van der Waals surface area contributed by atoms with Gasteiger partial charge in [-0.3, -0.25) is 14.7 Å². The zero-order chi connectivity index (χ0) is 27.2. The van der Waals surface area contributed by atoms with E-state index in [0.29, 0.717) is 28.5 Å². The Bertz CT molecular complexity index is 1320. The number of carbonyl (C=O) groups excluding carboxylic acids is 1. The molecule has 8 nitrogen and oxygen atoms in total. The van der Waals surface area contributed by atoms with E-state index in [4.69, 9.17) is 4.74 Å². The van der Waals surface area contributed by atoms with Crippen LogP contribution in [0.15, 0.2) is 50.5 Å². The maximum absolute atomic E-state index is 15.1. The van der Waals surface area contributed by atoms with Gasteiger partial charge in [-0.1, -0.05) is 12.1 Å². The fraction of sp³-hybridized carbons (Fsp3) is 0.440. The number of thiazole rings is 1. The lowest BCUT2D eigenvalue weighted by molar-refractivity contribution is -0.139. The summed E-state index contributed by atoms with van der Waals surface area (Å²) in [7, 11) is 1.21. The molecule has 202 valence electrons. The van der Waals surface area contributed by atoms with Crippen molar-refractivity contribution in [1.29, 1.82) is 0 Å². The lowest BCUT2D eigenvalue weighted by Crippen LogP contribution is -2.50. The van der Waals surface area contributed by atoms with Gasteiger partial charge in [0, 0.05) is 42.7 Å². The second-order valence-electron chi connectivity index (χ2n) is 9.61. The van der Waals surface area contributed by atoms with Crippen LogP contribution in [0.25, 0.3) is 0 Å². The number of methoxy groups -OCH3 is 1. The molecular weight excluding hydrogens is 589 g/mol. The minimum absolute atomic E-state index is 0.0307. The molecule has 2 saturated heterocycles. The van der Waals surface area contributed by atoms with Gasteiger partial charge in [0.25, 0.3) is 5.92 Å². The molecule has 3 aliphatic heterocycles. The van der Waals surface area contributed by atoms with Gasteiger partial charge in [-0.2, -0.15) is 0 Å². The minimum atomic E-state index is -3.00. The Morgan fingerprint density at radius 2 is 2.13 bits per heavy atom. The molecule has 4 heterocycles. The van der Waals surface area contributed by atoms with Gasteiger partial charge in [0.2, 0.25) is 0 Å². The quantitative estimate of drug-likeness (QED) is 0.443. The molecule has 2 bridgehead atoms. The van der Waals surface area contributed by atoms with Crippen LogP contribution in [-0.4, -0.2) is 64.4 Å². The first-order valence-electron chi connectivity index (χ1n) is 11.9. The van der Waals surface area contributed by atoms with Gasteiger partial charge in [-0.15, -0.1) is 11.3 Å². The predicted molar refractivity (Wildman–Crippen MR) is 136 cm³/mol. The Kier molecular flexibility index (Phi) is 7.35. The largest absolute Gasteiger partial charge is 0.481 e. The molecule has 5 rings (SSSR count). The third-order valence-corrected chi connectivity index (χ3v) is 8.89. The number of aliphatic carboxylic acids is 1. The highest BCUT2D eigenvalue weighted by Gasteiger charge is 2.57. The molecular formula is C25H24BrF3N4O4S. The maximum atomic E-state index is 15.1. The molecule has 0 spiro atoms. The third kappa shape index (κ3) is 4.98. The first-order valence-corrected chi connectivity index (χ1v) is 13.6. The number of amidine groups is 1. The first kappa shape index (κ1) is 26.8. The number of rotatable bonds is 7. The normalized spacial score (nSPS) is 26.6. The Hall–Kier alpha value is -2.77. The number of ether oxygens (including phenoxy) is 1. The number of benzene rings is 1. The Labute approximate surface area is 228 Å². The standard InChI is InChI=1S/C25H24BrF3N4O4S/c1-37-24(36)19-16(11-33-13-7-12(9-18(34)35)8-17(33)25(28,29)10-13)31-22(23-30-5-6-38-23)32-21(19)14-3-2-4-15(27)20(14)26/h2-6,12-13,17,21H,7-11H2,1H3,(H,31,32)(H,34,35)/t12-,13+,17-,21-/m0/s1. The van der Waals surface area contributed by atoms with Crippen molar-refractivity contribution in [2.24, 2.45) is 10.9 Å². The molecule has 13 heteroatoms. The van der Waals surface area contributed by atoms with Gasteiger partial charge in [0.05, 0.1) is 23.2 Å². The monoisotopic (exact) mass is 612 g/mol. The number of halogens is 4. The zero-order valence-corrected chi connectivity index (χ0v) is 22.6. The van der Waals surface area contributed by atoms with E-state index >= 15 is 8.78 Å². The molecule has 1 aromatic carbocycles. The summed E-state index contributed by atoms with van der Waals surface area (Å²) < 4.78 is 49.9. The number of alkyl halides is 2. The number of piperidine rings is 1. The number of hydrogen-bond donors (Lipinski definition) is 2. The number of nitrogens with zero attached hydrogens (tertiary/aromatic N) is 3. The number of fused-ring (bicyclic) bond motifs is 2. The van der Waals surface area contributed by atoms with Crippen molar-refractivity contribution in [1.82, 2.24) is 15.2 Å². The fourth-order valence-electron chi connectivity index (χ4n) is 5.70. The van der Waals surface area contributed by atoms with Crippen LogP contribution >= 0.6 is 27.3 Å². The van der Waals surface area contributed by atoms with E-state index in [2.05, 4.69) is 31.2 Å². The van der Waals surface area contributed by atoms with Crippen LogP contribution in [0.3, 0.4) is 0 Å². The summed E-state index contributed by atoms with van der Waals surface area (Å²) in [5, 5.41) is 14.6. The van der Waals surface area contributed by atoms with Gasteiger partial charge in [-0.25, -0.2) is 22.9 Å². The smallest absolute Gasteiger partial charge is 0.338 e. The number of carbonyl (C=O) groups is 2. The fourth-order valence-corrected chi connectivity index (χ4v) is 6.77. The number of carboxylic acid groups (broad SMARTS) is 1. The van der Waals surface area contributed by atoms with Crippen LogP contribution in [-0.2, 0) is 14.3 Å². The molecule has 4 atom stereocenters. The van der Waals surface area contributed by atoms with Crippen molar-refractivity contribution in [2.45, 2.75) is 49.7 Å². The summed E-state index contributed by atoms with van der Waals surface area (Å²) in [5.74, 6) is -5.32. The van der Waals surface area contributed by atoms with E-state index in [1.165, 1.54) is 30.6 Å². The van der Waals surface area contributed by atoms with E-state index < -0.39 is 41.8 Å². The SMILES string of the molecule is COC(=O)C1=C(CN2[C@@H]3C[C@H](CC(=O)O)C[C@H]2C(F)(F)C3)NC(c2nccs2)=N[C@H]1c1cccc(F)c1Br. The molecule has 1 aromatic heterocycles. The number of esters is 1. The van der Waals surface area contributed by atoms with Crippen LogP contribution in [0.5, 0.6) is 0 Å². The highest BCUT2D eigenvalue weighted by atomic mass is 79.9. The topological polar surface area (TPSA) is 104 Å². The molecule has 0 aliphatic carbocycles. The van der Waals surface area contributed by atoms with Crippen LogP contribution in [0.2, 0.25) is 0 Å². The van der Waals surface area contributed by atoms with Crippen molar-refractivity contribution in [2.75, 3.05) is 13.7 Å². The zero-order valence-electron chi connectivity index (χ0n) is 20.2. The summed E-state index contributed by atoms with van der Waals surface area (Å²) in [4.78, 5) is 35.0. The molecule has 0 radical (unpaired) electrons. The summed E-state index contributed by atoms with van der Waals surface area (Å²) >= 11 is 4.56. The van der Waals surface area contributed by atoms with Crippen LogP contribution in [0, 0.1) is 11.7 Å². The van der Waals surface area contributed by atoms with Gasteiger partial charge < -0.3 is 15.2 Å².